The number of nitrogens with zero attached hydrogens (tertiary/aromatic N) is 3. The van der Waals surface area contributed by atoms with E-state index in [1.807, 2.05) is 11.3 Å². The zero-order chi connectivity index (χ0) is 46.2. The van der Waals surface area contributed by atoms with Crippen LogP contribution >= 0.6 is 11.3 Å². The van der Waals surface area contributed by atoms with Crippen molar-refractivity contribution in [2.75, 3.05) is 14.7 Å². The summed E-state index contributed by atoms with van der Waals surface area (Å²) in [4.78, 5) is 8.09. The second-order valence-electron chi connectivity index (χ2n) is 24.3. The van der Waals surface area contributed by atoms with Crippen LogP contribution in [-0.4, -0.2) is 12.8 Å². The van der Waals surface area contributed by atoms with Gasteiger partial charge >= 0.3 is 0 Å². The van der Waals surface area contributed by atoms with Gasteiger partial charge in [0.25, 0.3) is 6.71 Å². The first-order chi connectivity index (χ1) is 31.2. The van der Waals surface area contributed by atoms with Crippen molar-refractivity contribution in [3.05, 3.63) is 150 Å². The van der Waals surface area contributed by atoms with Gasteiger partial charge in [-0.1, -0.05) is 150 Å². The number of anilines is 8. The Bertz CT molecular complexity index is 2930. The molecule has 6 aromatic carbocycles. The van der Waals surface area contributed by atoms with Crippen molar-refractivity contribution in [3.63, 3.8) is 0 Å². The Balaban J connectivity index is 1.24. The summed E-state index contributed by atoms with van der Waals surface area (Å²) in [5.74, 6) is 1.51. The van der Waals surface area contributed by atoms with E-state index in [4.69, 9.17) is 0 Å². The molecule has 2 bridgehead atoms. The molecule has 0 amide bonds. The molecule has 1 aromatic heterocycles. The minimum Gasteiger partial charge on any atom is -0.339 e. The van der Waals surface area contributed by atoms with Crippen LogP contribution in [0.25, 0.3) is 10.1 Å². The van der Waals surface area contributed by atoms with E-state index in [1.54, 1.807) is 0 Å². The Morgan fingerprint density at radius 1 is 0.530 bits per heavy atom. The molecule has 7 aromatic rings. The molecule has 2 aliphatic heterocycles. The van der Waals surface area contributed by atoms with Crippen molar-refractivity contribution >= 4 is 89.3 Å². The van der Waals surface area contributed by atoms with Gasteiger partial charge in [0.1, 0.15) is 0 Å². The van der Waals surface area contributed by atoms with E-state index >= 15 is 0 Å². The standard InChI is InChI=1S/C61H68BN3S/c1-58(2,3)40-19-26-44(27-20-40)63(45-28-21-41(22-29-45)59(4,5)6)47-36-52-55-53(37-47)65(51-34-38-17-18-39(51)33-38)50-16-14-13-15-49(50)62(55)57-56(48-35-43(61(10,11)12)25-32-54(48)66-57)64(52)46-30-23-42(24-31-46)60(7,8)9/h13-16,19-32,35-39,51H,17-18,33-34H2,1-12H3. The highest BCUT2D eigenvalue weighted by Gasteiger charge is 2.50. The Morgan fingerprint density at radius 3 is 1.62 bits per heavy atom. The summed E-state index contributed by atoms with van der Waals surface area (Å²) in [5, 5.41) is 1.35. The molecular formula is C61H68BN3S. The minimum absolute atomic E-state index is 0.0132. The largest absolute Gasteiger partial charge is 0.339 e. The summed E-state index contributed by atoms with van der Waals surface area (Å²) in [6.45, 7) is 28.0. The average Bonchev–Trinajstić information content (AvgIpc) is 4.01. The molecule has 2 fully saturated rings. The summed E-state index contributed by atoms with van der Waals surface area (Å²) in [5.41, 5.74) is 18.6. The van der Waals surface area contributed by atoms with Gasteiger partial charge < -0.3 is 14.7 Å². The van der Waals surface area contributed by atoms with Gasteiger partial charge in [0, 0.05) is 55.0 Å². The summed E-state index contributed by atoms with van der Waals surface area (Å²) in [6, 6.07) is 50.8. The highest BCUT2D eigenvalue weighted by molar-refractivity contribution is 7.33. The van der Waals surface area contributed by atoms with Gasteiger partial charge in [0.2, 0.25) is 0 Å². The van der Waals surface area contributed by atoms with Crippen LogP contribution in [0, 0.1) is 11.8 Å². The average molecular weight is 886 g/mol. The second kappa shape index (κ2) is 15.1. The Kier molecular flexibility index (Phi) is 9.93. The molecular weight excluding hydrogens is 818 g/mol. The van der Waals surface area contributed by atoms with Crippen molar-refractivity contribution < 1.29 is 0 Å². The lowest BCUT2D eigenvalue weighted by Gasteiger charge is -2.47. The molecule has 2 aliphatic carbocycles. The van der Waals surface area contributed by atoms with Gasteiger partial charge in [-0.3, -0.25) is 0 Å². The third-order valence-electron chi connectivity index (χ3n) is 15.7. The smallest absolute Gasteiger partial charge is 0.264 e. The van der Waals surface area contributed by atoms with Crippen molar-refractivity contribution in [2.24, 2.45) is 11.8 Å². The predicted molar refractivity (Wildman–Crippen MR) is 288 cm³/mol. The van der Waals surface area contributed by atoms with Crippen LogP contribution in [-0.2, 0) is 21.7 Å². The first-order valence-electron chi connectivity index (χ1n) is 24.8. The minimum atomic E-state index is 0.0132. The van der Waals surface area contributed by atoms with Gasteiger partial charge in [0.05, 0.1) is 11.4 Å². The van der Waals surface area contributed by atoms with E-state index in [-0.39, 0.29) is 28.4 Å². The summed E-state index contributed by atoms with van der Waals surface area (Å²) >= 11 is 2.01. The Morgan fingerprint density at radius 2 is 1.08 bits per heavy atom. The van der Waals surface area contributed by atoms with Gasteiger partial charge in [-0.25, -0.2) is 0 Å². The lowest BCUT2D eigenvalue weighted by Crippen LogP contribution is -2.62. The van der Waals surface area contributed by atoms with Gasteiger partial charge in [-0.2, -0.15) is 0 Å². The first-order valence-corrected chi connectivity index (χ1v) is 25.6. The molecule has 3 nitrogen and oxygen atoms in total. The topological polar surface area (TPSA) is 9.72 Å². The fourth-order valence-electron chi connectivity index (χ4n) is 12.0. The maximum atomic E-state index is 2.86. The molecule has 4 aliphatic rings. The molecule has 11 rings (SSSR count). The molecule has 0 saturated heterocycles. The first kappa shape index (κ1) is 43.3. The van der Waals surface area contributed by atoms with Crippen molar-refractivity contribution in [2.45, 2.75) is 136 Å². The molecule has 336 valence electrons. The maximum Gasteiger partial charge on any atom is 0.264 e. The highest BCUT2D eigenvalue weighted by atomic mass is 32.1. The molecule has 3 unspecified atom stereocenters. The summed E-state index contributed by atoms with van der Waals surface area (Å²) in [7, 11) is 0. The number of hydrogen-bond acceptors (Lipinski definition) is 4. The number of benzene rings is 6. The fourth-order valence-corrected chi connectivity index (χ4v) is 13.3. The van der Waals surface area contributed by atoms with Crippen LogP contribution in [0.4, 0.5) is 45.5 Å². The van der Waals surface area contributed by atoms with Crippen LogP contribution in [0.2, 0.25) is 0 Å². The number of rotatable bonds is 5. The van der Waals surface area contributed by atoms with Gasteiger partial charge in [-0.05, 0) is 153 Å². The molecule has 0 spiro atoms. The monoisotopic (exact) mass is 886 g/mol. The van der Waals surface area contributed by atoms with Crippen LogP contribution in [0.1, 0.15) is 131 Å². The fraction of sp³-hybridized carbons (Fsp3) is 0.377. The molecule has 5 heteroatoms. The molecule has 2 saturated carbocycles. The van der Waals surface area contributed by atoms with Crippen molar-refractivity contribution in [1.29, 1.82) is 0 Å². The third-order valence-corrected chi connectivity index (χ3v) is 16.9. The molecule has 0 N–H and O–H groups in total. The number of para-hydroxylation sites is 1. The summed E-state index contributed by atoms with van der Waals surface area (Å²) < 4.78 is 2.80. The maximum absolute atomic E-state index is 2.86. The number of hydrogen-bond donors (Lipinski definition) is 0. The quantitative estimate of drug-likeness (QED) is 0.159. The molecule has 3 heterocycles. The lowest BCUT2D eigenvalue weighted by atomic mass is 9.36. The van der Waals surface area contributed by atoms with Crippen LogP contribution < -0.4 is 30.4 Å². The van der Waals surface area contributed by atoms with Gasteiger partial charge in [0.15, 0.2) is 0 Å². The number of thiophene rings is 1. The zero-order valence-corrected chi connectivity index (χ0v) is 42.3. The van der Waals surface area contributed by atoms with E-state index in [9.17, 15) is 0 Å². The Labute approximate surface area is 400 Å². The van der Waals surface area contributed by atoms with Crippen molar-refractivity contribution in [3.8, 4) is 0 Å². The van der Waals surface area contributed by atoms with E-state index in [0.717, 1.165) is 5.92 Å². The lowest BCUT2D eigenvalue weighted by molar-refractivity contribution is 0.413. The van der Waals surface area contributed by atoms with E-state index < -0.39 is 0 Å². The van der Waals surface area contributed by atoms with Crippen LogP contribution in [0.15, 0.2) is 127 Å². The second-order valence-corrected chi connectivity index (χ2v) is 25.4. The molecule has 0 radical (unpaired) electrons. The molecule has 66 heavy (non-hydrogen) atoms. The summed E-state index contributed by atoms with van der Waals surface area (Å²) in [6.07, 6.45) is 5.31. The Hall–Kier alpha value is -5.26. The molecule has 3 atom stereocenters. The van der Waals surface area contributed by atoms with Crippen LogP contribution in [0.3, 0.4) is 0 Å². The number of fused-ring (bicyclic) bond motifs is 8. The van der Waals surface area contributed by atoms with Crippen molar-refractivity contribution in [1.82, 2.24) is 0 Å². The van der Waals surface area contributed by atoms with E-state index in [2.05, 4.69) is 225 Å². The van der Waals surface area contributed by atoms with E-state index in [0.29, 0.717) is 12.0 Å². The predicted octanol–water partition coefficient (Wildman–Crippen LogP) is 15.5. The van der Waals surface area contributed by atoms with Gasteiger partial charge in [-0.15, -0.1) is 11.3 Å². The third kappa shape index (κ3) is 7.13. The normalized spacial score (nSPS) is 19.0. The highest BCUT2D eigenvalue weighted by Crippen LogP contribution is 2.54. The zero-order valence-electron chi connectivity index (χ0n) is 41.5. The van der Waals surface area contributed by atoms with E-state index in [1.165, 1.54) is 119 Å². The SMILES string of the molecule is CC(C)(C)c1ccc(N(c2ccc(C(C)(C)C)cc2)c2cc3c4c(c2)N(C2CC5CCC2C5)c2ccccc2B4c2sc4ccc(C(C)(C)C)cc4c2N3c2ccc(C(C)(C)C)cc2)cc1. The van der Waals surface area contributed by atoms with Crippen LogP contribution in [0.5, 0.6) is 0 Å².